The third-order valence-corrected chi connectivity index (χ3v) is 2.74. The summed E-state index contributed by atoms with van der Waals surface area (Å²) < 4.78 is 0. The van der Waals surface area contributed by atoms with Gasteiger partial charge >= 0.3 is 11.8 Å². The van der Waals surface area contributed by atoms with Crippen molar-refractivity contribution in [1.82, 2.24) is 10.6 Å². The molecular weight excluding hydrogens is 282 g/mol. The summed E-state index contributed by atoms with van der Waals surface area (Å²) in [5.41, 5.74) is 1.31. The van der Waals surface area contributed by atoms with Gasteiger partial charge in [0.05, 0.1) is 0 Å². The summed E-state index contributed by atoms with van der Waals surface area (Å²) in [7, 11) is 0. The molecule has 0 aromatic heterocycles. The molecular formula is C13H16ClN3O3. The number of hydrogen-bond donors (Lipinski definition) is 3. The fourth-order valence-electron chi connectivity index (χ4n) is 1.48. The SMILES string of the molecule is Cc1cc(Cl)ccc1NC(=O)C(=O)NCCCNC=O. The van der Waals surface area contributed by atoms with Gasteiger partial charge in [0.2, 0.25) is 6.41 Å². The number of carbonyl (C=O) groups is 3. The number of amides is 3. The summed E-state index contributed by atoms with van der Waals surface area (Å²) in [6.45, 7) is 2.54. The summed E-state index contributed by atoms with van der Waals surface area (Å²) >= 11 is 5.80. The Hall–Kier alpha value is -2.08. The lowest BCUT2D eigenvalue weighted by atomic mass is 10.2. The average Bonchev–Trinajstić information content (AvgIpc) is 2.41. The van der Waals surface area contributed by atoms with Crippen LogP contribution >= 0.6 is 11.6 Å². The highest BCUT2D eigenvalue weighted by molar-refractivity contribution is 6.39. The van der Waals surface area contributed by atoms with Crippen molar-refractivity contribution in [2.24, 2.45) is 0 Å². The van der Waals surface area contributed by atoms with Gasteiger partial charge in [0.1, 0.15) is 0 Å². The number of carbonyl (C=O) groups excluding carboxylic acids is 3. The van der Waals surface area contributed by atoms with E-state index in [0.717, 1.165) is 5.56 Å². The number of benzene rings is 1. The third-order valence-electron chi connectivity index (χ3n) is 2.51. The number of anilines is 1. The zero-order valence-electron chi connectivity index (χ0n) is 11.0. The molecule has 0 saturated heterocycles. The maximum atomic E-state index is 11.6. The molecule has 0 heterocycles. The number of hydrogen-bond acceptors (Lipinski definition) is 3. The largest absolute Gasteiger partial charge is 0.359 e. The normalized spacial score (nSPS) is 9.70. The molecule has 0 fully saturated rings. The molecule has 3 amide bonds. The van der Waals surface area contributed by atoms with Gasteiger partial charge < -0.3 is 16.0 Å². The molecule has 20 heavy (non-hydrogen) atoms. The quantitative estimate of drug-likeness (QED) is 0.413. The van der Waals surface area contributed by atoms with E-state index in [1.807, 2.05) is 0 Å². The van der Waals surface area contributed by atoms with E-state index in [4.69, 9.17) is 11.6 Å². The molecule has 7 heteroatoms. The molecule has 6 nitrogen and oxygen atoms in total. The predicted octanol–water partition coefficient (Wildman–Crippen LogP) is 0.839. The Bertz CT molecular complexity index is 506. The van der Waals surface area contributed by atoms with E-state index < -0.39 is 11.8 Å². The minimum absolute atomic E-state index is 0.312. The lowest BCUT2D eigenvalue weighted by Gasteiger charge is -2.09. The van der Waals surface area contributed by atoms with Crippen LogP contribution in [-0.2, 0) is 14.4 Å². The number of aryl methyl sites for hydroxylation is 1. The second-order valence-electron chi connectivity index (χ2n) is 4.09. The molecule has 0 aliphatic rings. The first kappa shape index (κ1) is 16.0. The van der Waals surface area contributed by atoms with Gasteiger partial charge in [0, 0.05) is 23.8 Å². The number of nitrogens with one attached hydrogen (secondary N) is 3. The fraction of sp³-hybridized carbons (Fsp3) is 0.308. The average molecular weight is 298 g/mol. The Morgan fingerprint density at radius 1 is 1.25 bits per heavy atom. The summed E-state index contributed by atoms with van der Waals surface area (Å²) in [6, 6.07) is 4.96. The molecule has 0 spiro atoms. The maximum absolute atomic E-state index is 11.6. The van der Waals surface area contributed by atoms with Crippen LogP contribution < -0.4 is 16.0 Å². The molecule has 1 rings (SSSR count). The van der Waals surface area contributed by atoms with Crippen LogP contribution in [0.25, 0.3) is 0 Å². The van der Waals surface area contributed by atoms with Crippen molar-refractivity contribution in [3.8, 4) is 0 Å². The summed E-state index contributed by atoms with van der Waals surface area (Å²) in [5, 5.41) is 7.99. The van der Waals surface area contributed by atoms with Gasteiger partial charge in [-0.1, -0.05) is 11.6 Å². The molecule has 0 unspecified atom stereocenters. The monoisotopic (exact) mass is 297 g/mol. The molecule has 0 bridgehead atoms. The molecule has 0 aliphatic carbocycles. The van der Waals surface area contributed by atoms with Crippen molar-refractivity contribution < 1.29 is 14.4 Å². The topological polar surface area (TPSA) is 87.3 Å². The highest BCUT2D eigenvalue weighted by atomic mass is 35.5. The van der Waals surface area contributed by atoms with Crippen molar-refractivity contribution in [3.63, 3.8) is 0 Å². The van der Waals surface area contributed by atoms with Gasteiger partial charge in [0.25, 0.3) is 0 Å². The second kappa shape index (κ2) is 8.16. The zero-order chi connectivity index (χ0) is 15.0. The predicted molar refractivity (Wildman–Crippen MR) is 76.5 cm³/mol. The minimum Gasteiger partial charge on any atom is -0.359 e. The van der Waals surface area contributed by atoms with Gasteiger partial charge in [-0.2, -0.15) is 0 Å². The van der Waals surface area contributed by atoms with Crippen LogP contribution in [0.4, 0.5) is 5.69 Å². The van der Waals surface area contributed by atoms with E-state index in [1.54, 1.807) is 25.1 Å². The smallest absolute Gasteiger partial charge is 0.313 e. The van der Waals surface area contributed by atoms with Gasteiger partial charge in [-0.05, 0) is 37.1 Å². The Kier molecular flexibility index (Phi) is 6.52. The lowest BCUT2D eigenvalue weighted by molar-refractivity contribution is -0.136. The van der Waals surface area contributed by atoms with Crippen LogP contribution in [0.5, 0.6) is 0 Å². The van der Waals surface area contributed by atoms with Crippen LogP contribution in [0.15, 0.2) is 18.2 Å². The van der Waals surface area contributed by atoms with Crippen LogP contribution in [0.3, 0.4) is 0 Å². The first-order valence-electron chi connectivity index (χ1n) is 6.07. The van der Waals surface area contributed by atoms with E-state index in [0.29, 0.717) is 36.6 Å². The molecule has 0 radical (unpaired) electrons. The molecule has 3 N–H and O–H groups in total. The minimum atomic E-state index is -0.737. The van der Waals surface area contributed by atoms with E-state index in [2.05, 4.69) is 16.0 Å². The van der Waals surface area contributed by atoms with Crippen LogP contribution in [0, 0.1) is 6.92 Å². The molecule has 0 atom stereocenters. The van der Waals surface area contributed by atoms with Gasteiger partial charge in [-0.15, -0.1) is 0 Å². The number of rotatable bonds is 6. The first-order valence-corrected chi connectivity index (χ1v) is 6.44. The standard InChI is InChI=1S/C13H16ClN3O3/c1-9-7-10(14)3-4-11(9)17-13(20)12(19)16-6-2-5-15-8-18/h3-4,7-8H,2,5-6H2,1H3,(H,15,18)(H,16,19)(H,17,20). The van der Waals surface area contributed by atoms with Crippen LogP contribution in [0.2, 0.25) is 5.02 Å². The first-order chi connectivity index (χ1) is 9.54. The Labute approximate surface area is 121 Å². The molecule has 1 aromatic rings. The van der Waals surface area contributed by atoms with Gasteiger partial charge in [-0.25, -0.2) is 0 Å². The zero-order valence-corrected chi connectivity index (χ0v) is 11.8. The lowest BCUT2D eigenvalue weighted by Crippen LogP contribution is -2.36. The number of halogens is 1. The van der Waals surface area contributed by atoms with Gasteiger partial charge in [-0.3, -0.25) is 14.4 Å². The highest BCUT2D eigenvalue weighted by Crippen LogP contribution is 2.19. The third kappa shape index (κ3) is 5.27. The Balaban J connectivity index is 2.41. The summed E-state index contributed by atoms with van der Waals surface area (Å²) in [4.78, 5) is 33.2. The van der Waals surface area contributed by atoms with Crippen molar-refractivity contribution in [2.45, 2.75) is 13.3 Å². The molecule has 0 saturated carbocycles. The Morgan fingerprint density at radius 2 is 2.00 bits per heavy atom. The van der Waals surface area contributed by atoms with E-state index >= 15 is 0 Å². The van der Waals surface area contributed by atoms with Crippen molar-refractivity contribution >= 4 is 35.5 Å². The van der Waals surface area contributed by atoms with Crippen molar-refractivity contribution in [2.75, 3.05) is 18.4 Å². The van der Waals surface area contributed by atoms with E-state index in [1.165, 1.54) is 0 Å². The maximum Gasteiger partial charge on any atom is 0.313 e. The van der Waals surface area contributed by atoms with E-state index in [9.17, 15) is 14.4 Å². The van der Waals surface area contributed by atoms with E-state index in [-0.39, 0.29) is 0 Å². The van der Waals surface area contributed by atoms with Crippen molar-refractivity contribution in [1.29, 1.82) is 0 Å². The highest BCUT2D eigenvalue weighted by Gasteiger charge is 2.13. The van der Waals surface area contributed by atoms with Crippen molar-refractivity contribution in [3.05, 3.63) is 28.8 Å². The molecule has 0 aliphatic heterocycles. The van der Waals surface area contributed by atoms with Gasteiger partial charge in [0.15, 0.2) is 0 Å². The molecule has 1 aromatic carbocycles. The fourth-order valence-corrected chi connectivity index (χ4v) is 1.70. The van der Waals surface area contributed by atoms with Crippen LogP contribution in [-0.4, -0.2) is 31.3 Å². The van der Waals surface area contributed by atoms with Crippen LogP contribution in [0.1, 0.15) is 12.0 Å². The Morgan fingerprint density at radius 3 is 2.65 bits per heavy atom. The second-order valence-corrected chi connectivity index (χ2v) is 4.53. The molecule has 108 valence electrons. The summed E-state index contributed by atoms with van der Waals surface area (Å²) in [6.07, 6.45) is 1.13. The summed E-state index contributed by atoms with van der Waals surface area (Å²) in [5.74, 6) is -1.45.